The van der Waals surface area contributed by atoms with Gasteiger partial charge in [-0.2, -0.15) is 0 Å². The van der Waals surface area contributed by atoms with Crippen molar-refractivity contribution in [2.45, 2.75) is 0 Å². The molecule has 2 heterocycles. The topological polar surface area (TPSA) is 54.7 Å². The maximum Gasteiger partial charge on any atom is 0.132 e. The van der Waals surface area contributed by atoms with Crippen LogP contribution in [0.2, 0.25) is 0 Å². The summed E-state index contributed by atoms with van der Waals surface area (Å²) in [5, 5.41) is 0.958. The number of anilines is 1. The lowest BCUT2D eigenvalue weighted by Gasteiger charge is -1.95. The minimum atomic E-state index is 0.560. The van der Waals surface area contributed by atoms with Crippen LogP contribution in [0.15, 0.2) is 22.9 Å². The van der Waals surface area contributed by atoms with Gasteiger partial charge >= 0.3 is 0 Å². The number of nitrogens with one attached hydrogen (secondary N) is 1. The summed E-state index contributed by atoms with van der Waals surface area (Å²) in [5.74, 6) is 0.560. The van der Waals surface area contributed by atoms with Gasteiger partial charge in [-0.25, -0.2) is 4.98 Å². The fourth-order valence-corrected chi connectivity index (χ4v) is 1.47. The van der Waals surface area contributed by atoms with Gasteiger partial charge in [0.25, 0.3) is 0 Å². The molecule has 56 valence electrons. The Morgan fingerprint density at radius 2 is 2.36 bits per heavy atom. The first-order chi connectivity index (χ1) is 5.29. The lowest BCUT2D eigenvalue weighted by molar-refractivity contribution is 1.34. The fraction of sp³-hybridized carbons (Fsp3) is 0. The largest absolute Gasteiger partial charge is 0.383 e. The molecule has 0 aliphatic heterocycles. The van der Waals surface area contributed by atoms with Crippen molar-refractivity contribution in [2.24, 2.45) is 0 Å². The van der Waals surface area contributed by atoms with Crippen LogP contribution in [-0.2, 0) is 0 Å². The molecule has 0 aromatic carbocycles. The van der Waals surface area contributed by atoms with Crippen LogP contribution in [0.25, 0.3) is 10.9 Å². The van der Waals surface area contributed by atoms with Gasteiger partial charge in [0.05, 0.1) is 9.99 Å². The summed E-state index contributed by atoms with van der Waals surface area (Å²) >= 11 is 3.36. The number of hydrogen-bond donors (Lipinski definition) is 2. The number of nitrogen functional groups attached to an aromatic ring is 1. The number of nitrogens with two attached hydrogens (primary N) is 1. The third-order valence-electron chi connectivity index (χ3n) is 1.58. The first kappa shape index (κ1) is 6.67. The fourth-order valence-electron chi connectivity index (χ4n) is 1.04. The molecule has 4 heteroatoms. The maximum atomic E-state index is 5.62. The predicted molar refractivity (Wildman–Crippen MR) is 48.2 cm³/mol. The molecule has 0 fully saturated rings. The number of H-pyrrole nitrogens is 1. The molecule has 0 spiro atoms. The van der Waals surface area contributed by atoms with Gasteiger partial charge in [0.15, 0.2) is 0 Å². The molecule has 3 N–H and O–H groups in total. The number of rotatable bonds is 0. The molecule has 3 nitrogen and oxygen atoms in total. The molecule has 0 bridgehead atoms. The highest BCUT2D eigenvalue weighted by molar-refractivity contribution is 9.10. The summed E-state index contributed by atoms with van der Waals surface area (Å²) in [6.07, 6.45) is 3.53. The van der Waals surface area contributed by atoms with Gasteiger partial charge in [-0.05, 0) is 22.0 Å². The van der Waals surface area contributed by atoms with E-state index in [1.165, 1.54) is 0 Å². The zero-order valence-electron chi connectivity index (χ0n) is 5.63. The summed E-state index contributed by atoms with van der Waals surface area (Å²) in [4.78, 5) is 7.05. The average Bonchev–Trinajstić information content (AvgIpc) is 2.45. The van der Waals surface area contributed by atoms with Crippen LogP contribution in [0.5, 0.6) is 0 Å². The summed E-state index contributed by atoms with van der Waals surface area (Å²) < 4.78 is 0.937. The van der Waals surface area contributed by atoms with Crippen LogP contribution >= 0.6 is 15.9 Å². The standard InChI is InChI=1S/C7H6BrN3/c8-5-3-11-7(9)4-1-2-10-6(4)5/h1-3,10H,(H2,9,11). The second-order valence-corrected chi connectivity index (χ2v) is 3.11. The smallest absolute Gasteiger partial charge is 0.132 e. The van der Waals surface area contributed by atoms with Crippen molar-refractivity contribution in [1.82, 2.24) is 9.97 Å². The van der Waals surface area contributed by atoms with Crippen LogP contribution in [-0.4, -0.2) is 9.97 Å². The summed E-state index contributed by atoms with van der Waals surface area (Å²) in [7, 11) is 0. The normalized spacial score (nSPS) is 10.6. The minimum Gasteiger partial charge on any atom is -0.383 e. The monoisotopic (exact) mass is 211 g/mol. The third kappa shape index (κ3) is 0.903. The molecule has 0 aliphatic rings. The molecule has 2 aromatic rings. The number of aromatic amines is 1. The Morgan fingerprint density at radius 3 is 3.09 bits per heavy atom. The van der Waals surface area contributed by atoms with E-state index in [-0.39, 0.29) is 0 Å². The van der Waals surface area contributed by atoms with E-state index >= 15 is 0 Å². The Labute approximate surface area is 71.7 Å². The lowest BCUT2D eigenvalue weighted by atomic mass is 10.3. The molecule has 0 radical (unpaired) electrons. The van der Waals surface area contributed by atoms with Crippen LogP contribution in [0.4, 0.5) is 5.82 Å². The molecule has 0 unspecified atom stereocenters. The van der Waals surface area contributed by atoms with E-state index in [0.717, 1.165) is 15.4 Å². The summed E-state index contributed by atoms with van der Waals surface area (Å²) in [5.41, 5.74) is 6.62. The van der Waals surface area contributed by atoms with Crippen LogP contribution in [0.3, 0.4) is 0 Å². The number of halogens is 1. The van der Waals surface area contributed by atoms with Crippen LogP contribution in [0.1, 0.15) is 0 Å². The number of fused-ring (bicyclic) bond motifs is 1. The maximum absolute atomic E-state index is 5.62. The molecule has 0 amide bonds. The van der Waals surface area contributed by atoms with Crippen molar-refractivity contribution in [2.75, 3.05) is 5.73 Å². The predicted octanol–water partition coefficient (Wildman–Crippen LogP) is 1.91. The van der Waals surface area contributed by atoms with Crippen LogP contribution < -0.4 is 5.73 Å². The van der Waals surface area contributed by atoms with Crippen molar-refractivity contribution in [3.8, 4) is 0 Å². The van der Waals surface area contributed by atoms with Crippen molar-refractivity contribution in [1.29, 1.82) is 0 Å². The molecule has 0 saturated carbocycles. The minimum absolute atomic E-state index is 0.560. The van der Waals surface area contributed by atoms with Crippen molar-refractivity contribution >= 4 is 32.7 Å². The Balaban J connectivity index is 2.96. The first-order valence-corrected chi connectivity index (χ1v) is 3.95. The van der Waals surface area contributed by atoms with Crippen LogP contribution in [0, 0.1) is 0 Å². The van der Waals surface area contributed by atoms with Gasteiger partial charge in [-0.15, -0.1) is 0 Å². The summed E-state index contributed by atoms with van der Waals surface area (Å²) in [6, 6.07) is 1.91. The SMILES string of the molecule is Nc1ncc(Br)c2[nH]ccc12. The molecule has 0 atom stereocenters. The van der Waals surface area contributed by atoms with Gasteiger partial charge in [-0.1, -0.05) is 0 Å². The molecule has 11 heavy (non-hydrogen) atoms. The number of nitrogens with zero attached hydrogens (tertiary/aromatic N) is 1. The van der Waals surface area contributed by atoms with Crippen molar-refractivity contribution in [3.05, 3.63) is 22.9 Å². The average molecular weight is 212 g/mol. The second kappa shape index (κ2) is 2.23. The summed E-state index contributed by atoms with van der Waals surface area (Å²) in [6.45, 7) is 0. The van der Waals surface area contributed by atoms with E-state index in [1.807, 2.05) is 12.3 Å². The highest BCUT2D eigenvalue weighted by atomic mass is 79.9. The zero-order chi connectivity index (χ0) is 7.84. The zero-order valence-corrected chi connectivity index (χ0v) is 7.22. The van der Waals surface area contributed by atoms with E-state index in [0.29, 0.717) is 5.82 Å². The Hall–Kier alpha value is -1.03. The van der Waals surface area contributed by atoms with Crippen molar-refractivity contribution in [3.63, 3.8) is 0 Å². The Morgan fingerprint density at radius 1 is 1.55 bits per heavy atom. The molecular weight excluding hydrogens is 206 g/mol. The quantitative estimate of drug-likeness (QED) is 0.700. The Kier molecular flexibility index (Phi) is 1.35. The number of pyridine rings is 1. The van der Waals surface area contributed by atoms with E-state index in [2.05, 4.69) is 25.9 Å². The molecule has 0 saturated heterocycles. The highest BCUT2D eigenvalue weighted by Crippen LogP contribution is 2.24. The van der Waals surface area contributed by atoms with E-state index in [1.54, 1.807) is 6.20 Å². The van der Waals surface area contributed by atoms with Gasteiger partial charge in [0.2, 0.25) is 0 Å². The van der Waals surface area contributed by atoms with Gasteiger partial charge < -0.3 is 10.7 Å². The number of aromatic nitrogens is 2. The van der Waals surface area contributed by atoms with Gasteiger partial charge in [0.1, 0.15) is 5.82 Å². The first-order valence-electron chi connectivity index (χ1n) is 3.16. The lowest BCUT2D eigenvalue weighted by Crippen LogP contribution is -1.89. The third-order valence-corrected chi connectivity index (χ3v) is 2.18. The van der Waals surface area contributed by atoms with Gasteiger partial charge in [0, 0.05) is 17.8 Å². The second-order valence-electron chi connectivity index (χ2n) is 2.26. The van der Waals surface area contributed by atoms with E-state index < -0.39 is 0 Å². The van der Waals surface area contributed by atoms with E-state index in [4.69, 9.17) is 5.73 Å². The molecule has 0 aliphatic carbocycles. The molecule has 2 rings (SSSR count). The molecular formula is C7H6BrN3. The van der Waals surface area contributed by atoms with E-state index in [9.17, 15) is 0 Å². The van der Waals surface area contributed by atoms with Gasteiger partial charge in [-0.3, -0.25) is 0 Å². The molecule has 2 aromatic heterocycles. The Bertz CT molecular complexity index is 357. The highest BCUT2D eigenvalue weighted by Gasteiger charge is 2.02. The van der Waals surface area contributed by atoms with Crippen molar-refractivity contribution < 1.29 is 0 Å². The number of hydrogen-bond acceptors (Lipinski definition) is 2.